The average Bonchev–Trinajstić information content (AvgIpc) is 3.12. The fourth-order valence-corrected chi connectivity index (χ4v) is 3.51. The minimum Gasteiger partial charge on any atom is -0.462 e. The second-order valence-corrected chi connectivity index (χ2v) is 6.52. The molecule has 0 aliphatic carbocycles. The minimum absolute atomic E-state index is 0.237. The first-order valence-electron chi connectivity index (χ1n) is 8.56. The smallest absolute Gasteiger partial charge is 0.157 e. The van der Waals surface area contributed by atoms with Gasteiger partial charge in [-0.2, -0.15) is 0 Å². The molecule has 0 amide bonds. The number of nitrogens with zero attached hydrogens (tertiary/aromatic N) is 2. The first kappa shape index (κ1) is 15.9. The number of hydrogen-bond donors (Lipinski definition) is 0. The largest absolute Gasteiger partial charge is 0.462 e. The molecule has 0 radical (unpaired) electrons. The number of halogens is 1. The van der Waals surface area contributed by atoms with Crippen molar-refractivity contribution in [1.82, 2.24) is 4.90 Å². The molecule has 2 aromatic carbocycles. The van der Waals surface area contributed by atoms with Crippen LogP contribution in [0.5, 0.6) is 0 Å². The van der Waals surface area contributed by atoms with Crippen molar-refractivity contribution in [3.05, 3.63) is 78.3 Å². The molecule has 1 unspecified atom stereocenters. The van der Waals surface area contributed by atoms with Gasteiger partial charge in [-0.1, -0.05) is 30.3 Å². The van der Waals surface area contributed by atoms with Crippen molar-refractivity contribution in [2.75, 3.05) is 31.6 Å². The Hall–Kier alpha value is -2.59. The fourth-order valence-electron chi connectivity index (χ4n) is 3.51. The summed E-state index contributed by atoms with van der Waals surface area (Å²) in [6.07, 6.45) is 1.72. The minimum atomic E-state index is -0.237. The highest BCUT2D eigenvalue weighted by Gasteiger charge is 2.29. The van der Waals surface area contributed by atoms with Crippen molar-refractivity contribution in [2.24, 2.45) is 0 Å². The van der Waals surface area contributed by atoms with Crippen LogP contribution in [0.15, 0.2) is 71.3 Å². The zero-order valence-corrected chi connectivity index (χ0v) is 14.2. The maximum Gasteiger partial charge on any atom is 0.157 e. The van der Waals surface area contributed by atoms with Gasteiger partial charge in [0.2, 0.25) is 0 Å². The Labute approximate surface area is 147 Å². The first-order chi connectivity index (χ1) is 12.2. The van der Waals surface area contributed by atoms with Gasteiger partial charge in [0.05, 0.1) is 18.0 Å². The Morgan fingerprint density at radius 3 is 2.48 bits per heavy atom. The van der Waals surface area contributed by atoms with E-state index in [9.17, 15) is 4.39 Å². The van der Waals surface area contributed by atoms with Crippen LogP contribution < -0.4 is 4.90 Å². The third-order valence-electron chi connectivity index (χ3n) is 4.83. The third kappa shape index (κ3) is 3.17. The quantitative estimate of drug-likeness (QED) is 0.698. The monoisotopic (exact) mass is 336 g/mol. The van der Waals surface area contributed by atoms with Gasteiger partial charge in [-0.3, -0.25) is 0 Å². The Morgan fingerprint density at radius 2 is 1.72 bits per heavy atom. The van der Waals surface area contributed by atoms with E-state index < -0.39 is 0 Å². The summed E-state index contributed by atoms with van der Waals surface area (Å²) in [7, 11) is 2.16. The van der Waals surface area contributed by atoms with Gasteiger partial charge >= 0.3 is 0 Å². The number of benzene rings is 2. The molecule has 0 saturated carbocycles. The van der Waals surface area contributed by atoms with E-state index in [1.54, 1.807) is 18.4 Å². The number of likely N-dealkylation sites (N-methyl/N-ethyl adjacent to an activating group) is 1. The van der Waals surface area contributed by atoms with Crippen LogP contribution in [0, 0.1) is 5.82 Å². The molecule has 1 aromatic heterocycles. The fraction of sp³-hybridized carbons (Fsp3) is 0.238. The highest BCUT2D eigenvalue weighted by molar-refractivity contribution is 5.74. The van der Waals surface area contributed by atoms with Gasteiger partial charge in [0.25, 0.3) is 0 Å². The van der Waals surface area contributed by atoms with Crippen LogP contribution in [0.4, 0.5) is 10.1 Å². The van der Waals surface area contributed by atoms with Crippen LogP contribution in [-0.2, 0) is 0 Å². The van der Waals surface area contributed by atoms with E-state index in [0.717, 1.165) is 36.6 Å². The SMILES string of the molecule is CN1CCN(c2ccoc2-c2ccc(F)cc2)C(c2ccccc2)C1. The molecule has 1 fully saturated rings. The highest BCUT2D eigenvalue weighted by atomic mass is 19.1. The lowest BCUT2D eigenvalue weighted by Gasteiger charge is -2.41. The summed E-state index contributed by atoms with van der Waals surface area (Å²) in [5, 5.41) is 0. The van der Waals surface area contributed by atoms with Crippen LogP contribution >= 0.6 is 0 Å². The summed E-state index contributed by atoms with van der Waals surface area (Å²) in [6, 6.07) is 19.3. The van der Waals surface area contributed by atoms with Crippen molar-refractivity contribution >= 4 is 5.69 Å². The molecular weight excluding hydrogens is 315 g/mol. The Kier molecular flexibility index (Phi) is 4.28. The van der Waals surface area contributed by atoms with Crippen LogP contribution in [-0.4, -0.2) is 31.6 Å². The number of anilines is 1. The third-order valence-corrected chi connectivity index (χ3v) is 4.83. The average molecular weight is 336 g/mol. The summed E-state index contributed by atoms with van der Waals surface area (Å²) in [6.45, 7) is 2.87. The zero-order chi connectivity index (χ0) is 17.2. The predicted molar refractivity (Wildman–Crippen MR) is 98.1 cm³/mol. The van der Waals surface area contributed by atoms with Crippen molar-refractivity contribution < 1.29 is 8.81 Å². The summed E-state index contributed by atoms with van der Waals surface area (Å²) < 4.78 is 19.0. The topological polar surface area (TPSA) is 19.6 Å². The van der Waals surface area contributed by atoms with Crippen LogP contribution in [0.1, 0.15) is 11.6 Å². The van der Waals surface area contributed by atoms with E-state index in [1.807, 2.05) is 12.1 Å². The normalized spacial score (nSPS) is 18.5. The van der Waals surface area contributed by atoms with Crippen molar-refractivity contribution in [3.8, 4) is 11.3 Å². The van der Waals surface area contributed by atoms with Crippen LogP contribution in [0.3, 0.4) is 0 Å². The molecule has 25 heavy (non-hydrogen) atoms. The van der Waals surface area contributed by atoms with Crippen molar-refractivity contribution in [3.63, 3.8) is 0 Å². The summed E-state index contributed by atoms with van der Waals surface area (Å²) in [5.41, 5.74) is 3.25. The second kappa shape index (κ2) is 6.73. The standard InChI is InChI=1S/C21H21FN2O/c1-23-12-13-24(20(15-23)16-5-3-2-4-6-16)19-11-14-25-21(19)17-7-9-18(22)10-8-17/h2-11,14,20H,12-13,15H2,1H3. The molecule has 2 heterocycles. The lowest BCUT2D eigenvalue weighted by molar-refractivity contribution is 0.269. The van der Waals surface area contributed by atoms with E-state index >= 15 is 0 Å². The van der Waals surface area contributed by atoms with Gasteiger partial charge in [-0.05, 0) is 36.9 Å². The molecule has 1 atom stereocenters. The lowest BCUT2D eigenvalue weighted by atomic mass is 10.0. The van der Waals surface area contributed by atoms with E-state index in [-0.39, 0.29) is 11.9 Å². The van der Waals surface area contributed by atoms with E-state index in [4.69, 9.17) is 4.42 Å². The number of furan rings is 1. The predicted octanol–water partition coefficient (Wildman–Crippen LogP) is 4.58. The summed E-state index contributed by atoms with van der Waals surface area (Å²) in [4.78, 5) is 4.75. The molecule has 1 saturated heterocycles. The Morgan fingerprint density at radius 1 is 0.960 bits per heavy atom. The van der Waals surface area contributed by atoms with Gasteiger partial charge in [0.15, 0.2) is 5.76 Å². The Bertz CT molecular complexity index is 829. The molecule has 1 aliphatic rings. The van der Waals surface area contributed by atoms with E-state index in [2.05, 4.69) is 41.1 Å². The maximum absolute atomic E-state index is 13.3. The zero-order valence-electron chi connectivity index (χ0n) is 14.2. The van der Waals surface area contributed by atoms with Crippen LogP contribution in [0.25, 0.3) is 11.3 Å². The maximum atomic E-state index is 13.3. The molecule has 4 rings (SSSR count). The molecule has 128 valence electrons. The Balaban J connectivity index is 1.73. The molecular formula is C21H21FN2O. The molecule has 3 nitrogen and oxygen atoms in total. The number of rotatable bonds is 3. The lowest BCUT2D eigenvalue weighted by Crippen LogP contribution is -2.47. The van der Waals surface area contributed by atoms with Gasteiger partial charge in [-0.25, -0.2) is 4.39 Å². The molecule has 3 aromatic rings. The van der Waals surface area contributed by atoms with Gasteiger partial charge in [0.1, 0.15) is 5.82 Å². The molecule has 1 aliphatic heterocycles. The molecule has 0 bridgehead atoms. The molecule has 4 heteroatoms. The highest BCUT2D eigenvalue weighted by Crippen LogP contribution is 2.38. The molecule has 0 spiro atoms. The van der Waals surface area contributed by atoms with Crippen molar-refractivity contribution in [2.45, 2.75) is 6.04 Å². The molecule has 0 N–H and O–H groups in total. The number of hydrogen-bond acceptors (Lipinski definition) is 3. The number of piperazine rings is 1. The van der Waals surface area contributed by atoms with Gasteiger partial charge in [-0.15, -0.1) is 0 Å². The van der Waals surface area contributed by atoms with Gasteiger partial charge < -0.3 is 14.2 Å². The summed E-state index contributed by atoms with van der Waals surface area (Å²) in [5.74, 6) is 0.559. The van der Waals surface area contributed by atoms with E-state index in [1.165, 1.54) is 17.7 Å². The van der Waals surface area contributed by atoms with Crippen LogP contribution in [0.2, 0.25) is 0 Å². The van der Waals surface area contributed by atoms with E-state index in [0.29, 0.717) is 0 Å². The second-order valence-electron chi connectivity index (χ2n) is 6.52. The first-order valence-corrected chi connectivity index (χ1v) is 8.56. The van der Waals surface area contributed by atoms with Crippen molar-refractivity contribution in [1.29, 1.82) is 0 Å². The summed E-state index contributed by atoms with van der Waals surface area (Å²) >= 11 is 0. The van der Waals surface area contributed by atoms with Gasteiger partial charge in [0, 0.05) is 31.3 Å².